The number of carbonyl (C=O) groups excluding carboxylic acids is 1. The summed E-state index contributed by atoms with van der Waals surface area (Å²) in [6, 6.07) is 6.18. The zero-order chi connectivity index (χ0) is 12.9. The van der Waals surface area contributed by atoms with Crippen LogP contribution in [0, 0.1) is 0 Å². The van der Waals surface area contributed by atoms with Gasteiger partial charge in [0.2, 0.25) is 15.9 Å². The molecule has 0 bridgehead atoms. The van der Waals surface area contributed by atoms with Crippen molar-refractivity contribution in [3.8, 4) is 0 Å². The second kappa shape index (κ2) is 5.60. The summed E-state index contributed by atoms with van der Waals surface area (Å²) in [6.45, 7) is 5.27. The molecule has 1 amide bonds. The summed E-state index contributed by atoms with van der Waals surface area (Å²) in [5.41, 5.74) is 0.235. The Bertz CT molecular complexity index is 523. The fourth-order valence-electron chi connectivity index (χ4n) is 1.26. The molecule has 92 valence electrons. The Morgan fingerprint density at radius 2 is 2.06 bits per heavy atom. The van der Waals surface area contributed by atoms with Gasteiger partial charge in [-0.25, -0.2) is 13.1 Å². The van der Waals surface area contributed by atoms with Crippen molar-refractivity contribution in [3.63, 3.8) is 0 Å². The smallest absolute Gasteiger partial charge is 0.247 e. The third-order valence-electron chi connectivity index (χ3n) is 1.95. The van der Waals surface area contributed by atoms with E-state index >= 15 is 0 Å². The van der Waals surface area contributed by atoms with Crippen molar-refractivity contribution in [2.75, 3.05) is 11.9 Å². The summed E-state index contributed by atoms with van der Waals surface area (Å²) in [7, 11) is -3.59. The Morgan fingerprint density at radius 3 is 2.65 bits per heavy atom. The monoisotopic (exact) mass is 254 g/mol. The van der Waals surface area contributed by atoms with E-state index in [1.54, 1.807) is 19.1 Å². The van der Waals surface area contributed by atoms with E-state index < -0.39 is 15.9 Å². The van der Waals surface area contributed by atoms with Gasteiger partial charge in [0.1, 0.15) is 4.90 Å². The largest absolute Gasteiger partial charge is 0.321 e. The summed E-state index contributed by atoms with van der Waals surface area (Å²) in [5, 5.41) is 2.45. The van der Waals surface area contributed by atoms with Crippen LogP contribution in [0.2, 0.25) is 0 Å². The lowest BCUT2D eigenvalue weighted by Crippen LogP contribution is -2.24. The molecule has 0 radical (unpaired) electrons. The van der Waals surface area contributed by atoms with Crippen molar-refractivity contribution < 1.29 is 13.2 Å². The Balaban J connectivity index is 3.16. The second-order valence-electron chi connectivity index (χ2n) is 3.19. The van der Waals surface area contributed by atoms with Gasteiger partial charge in [-0.2, -0.15) is 0 Å². The van der Waals surface area contributed by atoms with E-state index in [1.807, 2.05) is 0 Å². The highest BCUT2D eigenvalue weighted by molar-refractivity contribution is 7.89. The molecule has 0 aromatic heterocycles. The number of para-hydroxylation sites is 1. The zero-order valence-electron chi connectivity index (χ0n) is 9.43. The number of amides is 1. The second-order valence-corrected chi connectivity index (χ2v) is 4.93. The van der Waals surface area contributed by atoms with Crippen LogP contribution in [0.15, 0.2) is 41.8 Å². The average molecular weight is 254 g/mol. The lowest BCUT2D eigenvalue weighted by atomic mass is 10.3. The van der Waals surface area contributed by atoms with Crippen molar-refractivity contribution in [1.29, 1.82) is 0 Å². The molecule has 0 saturated carbocycles. The number of hydrogen-bond acceptors (Lipinski definition) is 3. The van der Waals surface area contributed by atoms with E-state index in [4.69, 9.17) is 0 Å². The maximum Gasteiger partial charge on any atom is 0.247 e. The molecule has 1 aromatic rings. The van der Waals surface area contributed by atoms with Gasteiger partial charge in [0.15, 0.2) is 0 Å². The first-order valence-corrected chi connectivity index (χ1v) is 6.51. The SMILES string of the molecule is C=CC(=O)Nc1ccccc1S(=O)(=O)NCC. The van der Waals surface area contributed by atoms with Crippen molar-refractivity contribution in [2.45, 2.75) is 11.8 Å². The van der Waals surface area contributed by atoms with Crippen molar-refractivity contribution in [1.82, 2.24) is 4.72 Å². The average Bonchev–Trinajstić information content (AvgIpc) is 2.29. The topological polar surface area (TPSA) is 75.3 Å². The Hall–Kier alpha value is -1.66. The number of benzene rings is 1. The summed E-state index contributed by atoms with van der Waals surface area (Å²) >= 11 is 0. The van der Waals surface area contributed by atoms with Gasteiger partial charge in [0.25, 0.3) is 0 Å². The molecule has 6 heteroatoms. The van der Waals surface area contributed by atoms with Gasteiger partial charge < -0.3 is 5.32 Å². The Labute approximate surface area is 101 Å². The first-order valence-electron chi connectivity index (χ1n) is 5.03. The Kier molecular flexibility index (Phi) is 4.42. The fraction of sp³-hybridized carbons (Fsp3) is 0.182. The lowest BCUT2D eigenvalue weighted by molar-refractivity contribution is -0.111. The van der Waals surface area contributed by atoms with Crippen molar-refractivity contribution >= 4 is 21.6 Å². The van der Waals surface area contributed by atoms with Crippen LogP contribution in [0.3, 0.4) is 0 Å². The van der Waals surface area contributed by atoms with Gasteiger partial charge in [-0.15, -0.1) is 0 Å². The van der Waals surface area contributed by atoms with E-state index in [2.05, 4.69) is 16.6 Å². The van der Waals surface area contributed by atoms with Gasteiger partial charge >= 0.3 is 0 Å². The number of carbonyl (C=O) groups is 1. The summed E-state index contributed by atoms with van der Waals surface area (Å²) < 4.78 is 26.0. The van der Waals surface area contributed by atoms with E-state index in [9.17, 15) is 13.2 Å². The predicted molar refractivity (Wildman–Crippen MR) is 66.1 cm³/mol. The number of nitrogens with one attached hydrogen (secondary N) is 2. The summed E-state index contributed by atoms with van der Waals surface area (Å²) in [6.07, 6.45) is 1.08. The molecule has 1 rings (SSSR count). The minimum absolute atomic E-state index is 0.0389. The Morgan fingerprint density at radius 1 is 1.41 bits per heavy atom. The maximum atomic E-state index is 11.8. The van der Waals surface area contributed by atoms with Crippen LogP contribution < -0.4 is 10.0 Å². The third kappa shape index (κ3) is 3.40. The molecule has 0 spiro atoms. The van der Waals surface area contributed by atoms with E-state index in [-0.39, 0.29) is 17.1 Å². The molecule has 2 N–H and O–H groups in total. The van der Waals surface area contributed by atoms with Crippen LogP contribution in [0.5, 0.6) is 0 Å². The van der Waals surface area contributed by atoms with Gasteiger partial charge in [-0.1, -0.05) is 25.6 Å². The van der Waals surface area contributed by atoms with Crippen molar-refractivity contribution in [2.24, 2.45) is 0 Å². The molecule has 0 aliphatic heterocycles. The predicted octanol–water partition coefficient (Wildman–Crippen LogP) is 1.11. The molecule has 1 aromatic carbocycles. The summed E-state index contributed by atoms with van der Waals surface area (Å²) in [4.78, 5) is 11.2. The minimum Gasteiger partial charge on any atom is -0.321 e. The van der Waals surface area contributed by atoms with Crippen LogP contribution >= 0.6 is 0 Å². The van der Waals surface area contributed by atoms with Crippen molar-refractivity contribution in [3.05, 3.63) is 36.9 Å². The molecule has 0 aliphatic carbocycles. The molecule has 0 aliphatic rings. The highest BCUT2D eigenvalue weighted by atomic mass is 32.2. The van der Waals surface area contributed by atoms with Crippen LogP contribution in [-0.2, 0) is 14.8 Å². The molecule has 0 fully saturated rings. The highest BCUT2D eigenvalue weighted by Crippen LogP contribution is 2.20. The number of rotatable bonds is 5. The van der Waals surface area contributed by atoms with Gasteiger partial charge in [0.05, 0.1) is 5.69 Å². The van der Waals surface area contributed by atoms with Crippen LogP contribution in [0.25, 0.3) is 0 Å². The molecule has 5 nitrogen and oxygen atoms in total. The molecule has 0 saturated heterocycles. The van der Waals surface area contributed by atoms with Gasteiger partial charge in [0, 0.05) is 6.54 Å². The van der Waals surface area contributed by atoms with Gasteiger partial charge in [-0.05, 0) is 18.2 Å². The van der Waals surface area contributed by atoms with E-state index in [0.717, 1.165) is 6.08 Å². The highest BCUT2D eigenvalue weighted by Gasteiger charge is 2.17. The van der Waals surface area contributed by atoms with E-state index in [1.165, 1.54) is 12.1 Å². The lowest BCUT2D eigenvalue weighted by Gasteiger charge is -2.10. The molecule has 0 unspecified atom stereocenters. The van der Waals surface area contributed by atoms with E-state index in [0.29, 0.717) is 0 Å². The van der Waals surface area contributed by atoms with Crippen LogP contribution in [0.4, 0.5) is 5.69 Å². The number of sulfonamides is 1. The maximum absolute atomic E-state index is 11.8. The number of hydrogen-bond donors (Lipinski definition) is 2. The normalized spacial score (nSPS) is 10.9. The van der Waals surface area contributed by atoms with Gasteiger partial charge in [-0.3, -0.25) is 4.79 Å². The standard InChI is InChI=1S/C11H14N2O3S/c1-3-11(14)13-9-7-5-6-8-10(9)17(15,16)12-4-2/h3,5-8,12H,1,4H2,2H3,(H,13,14). The molecule has 0 atom stereocenters. The first-order chi connectivity index (χ1) is 8.01. The quantitative estimate of drug-likeness (QED) is 0.773. The molecular formula is C11H14N2O3S. The fourth-order valence-corrected chi connectivity index (χ4v) is 2.46. The van der Waals surface area contributed by atoms with Crippen LogP contribution in [-0.4, -0.2) is 20.9 Å². The van der Waals surface area contributed by atoms with Crippen LogP contribution in [0.1, 0.15) is 6.92 Å². The summed E-state index contributed by atoms with van der Waals surface area (Å²) in [5.74, 6) is -0.454. The third-order valence-corrected chi connectivity index (χ3v) is 3.56. The molecule has 17 heavy (non-hydrogen) atoms. The molecule has 0 heterocycles. The minimum atomic E-state index is -3.59. The number of anilines is 1. The zero-order valence-corrected chi connectivity index (χ0v) is 10.3. The molecular weight excluding hydrogens is 240 g/mol. The first kappa shape index (κ1) is 13.4.